The van der Waals surface area contributed by atoms with Crippen molar-refractivity contribution < 1.29 is 4.79 Å². The first-order chi connectivity index (χ1) is 8.13. The zero-order valence-corrected chi connectivity index (χ0v) is 10.7. The molecule has 4 nitrogen and oxygen atoms in total. The quantitative estimate of drug-likeness (QED) is 0.746. The Kier molecular flexibility index (Phi) is 3.31. The number of hydrogen-bond acceptors (Lipinski definition) is 3. The number of aromatic nitrogens is 1. The van der Waals surface area contributed by atoms with E-state index < -0.39 is 0 Å². The molecule has 2 heterocycles. The van der Waals surface area contributed by atoms with Gasteiger partial charge in [-0.2, -0.15) is 0 Å². The summed E-state index contributed by atoms with van der Waals surface area (Å²) in [6.45, 7) is 2.93. The summed E-state index contributed by atoms with van der Waals surface area (Å²) in [5.74, 6) is 0.990. The summed E-state index contributed by atoms with van der Waals surface area (Å²) in [7, 11) is 3.98. The number of nitrogens with zero attached hydrogens (tertiary/aromatic N) is 3. The van der Waals surface area contributed by atoms with Crippen LogP contribution in [-0.4, -0.2) is 36.9 Å². The van der Waals surface area contributed by atoms with Crippen LogP contribution in [0.15, 0.2) is 12.3 Å². The maximum Gasteiger partial charge on any atom is 0.210 e. The van der Waals surface area contributed by atoms with Gasteiger partial charge in [-0.15, -0.1) is 0 Å². The van der Waals surface area contributed by atoms with Crippen molar-refractivity contribution in [2.24, 2.45) is 0 Å². The highest BCUT2D eigenvalue weighted by Gasteiger charge is 2.25. The van der Waals surface area contributed by atoms with Crippen molar-refractivity contribution in [3.05, 3.63) is 23.4 Å². The number of carbonyl (C=O) groups excluding carboxylic acids is 1. The lowest BCUT2D eigenvalue weighted by atomic mass is 10.0. The van der Waals surface area contributed by atoms with Crippen molar-refractivity contribution in [1.82, 2.24) is 9.88 Å². The Morgan fingerprint density at radius 3 is 2.88 bits per heavy atom. The van der Waals surface area contributed by atoms with Gasteiger partial charge in [0.25, 0.3) is 0 Å². The van der Waals surface area contributed by atoms with Gasteiger partial charge in [0.1, 0.15) is 5.82 Å². The van der Waals surface area contributed by atoms with Crippen molar-refractivity contribution in [2.45, 2.75) is 25.8 Å². The molecule has 0 aromatic carbocycles. The van der Waals surface area contributed by atoms with Crippen molar-refractivity contribution in [3.63, 3.8) is 0 Å². The molecule has 1 aromatic rings. The molecule has 1 aliphatic rings. The zero-order chi connectivity index (χ0) is 12.4. The standard InChI is InChI=1S/C13H19N3O/c1-10-7-11(8-14-13(10)15(2)3)12-5-4-6-16(12)9-17/h7-9,12H,4-6H2,1-3H3/t12-/m1/s1. The normalized spacial score (nSPS) is 19.5. The van der Waals surface area contributed by atoms with Gasteiger partial charge in [-0.25, -0.2) is 4.98 Å². The number of carbonyl (C=O) groups is 1. The maximum atomic E-state index is 10.9. The molecule has 1 amide bonds. The predicted molar refractivity (Wildman–Crippen MR) is 68.0 cm³/mol. The van der Waals surface area contributed by atoms with Gasteiger partial charge in [0.15, 0.2) is 0 Å². The molecule has 1 aromatic heterocycles. The fourth-order valence-electron chi connectivity index (χ4n) is 2.51. The molecule has 1 saturated heterocycles. The maximum absolute atomic E-state index is 10.9. The van der Waals surface area contributed by atoms with Crippen LogP contribution in [0, 0.1) is 6.92 Å². The summed E-state index contributed by atoms with van der Waals surface area (Å²) >= 11 is 0. The summed E-state index contributed by atoms with van der Waals surface area (Å²) in [6.07, 6.45) is 4.97. The van der Waals surface area contributed by atoms with Crippen molar-refractivity contribution in [2.75, 3.05) is 25.5 Å². The van der Waals surface area contributed by atoms with E-state index in [0.717, 1.165) is 42.7 Å². The SMILES string of the molecule is Cc1cc([C@H]2CCCN2C=O)cnc1N(C)C. The van der Waals surface area contributed by atoms with Crippen LogP contribution in [0.1, 0.15) is 30.0 Å². The highest BCUT2D eigenvalue weighted by molar-refractivity contribution is 5.51. The topological polar surface area (TPSA) is 36.4 Å². The van der Waals surface area contributed by atoms with Crippen molar-refractivity contribution in [3.8, 4) is 0 Å². The lowest BCUT2D eigenvalue weighted by Crippen LogP contribution is -2.21. The van der Waals surface area contributed by atoms with Gasteiger partial charge in [0.2, 0.25) is 6.41 Å². The van der Waals surface area contributed by atoms with Crippen LogP contribution in [0.5, 0.6) is 0 Å². The molecule has 0 N–H and O–H groups in total. The first kappa shape index (κ1) is 11.9. The minimum atomic E-state index is 0.218. The van der Waals surface area contributed by atoms with E-state index in [-0.39, 0.29) is 6.04 Å². The van der Waals surface area contributed by atoms with Gasteiger partial charge < -0.3 is 9.80 Å². The molecular formula is C13H19N3O. The zero-order valence-electron chi connectivity index (χ0n) is 10.7. The molecule has 4 heteroatoms. The smallest absolute Gasteiger partial charge is 0.210 e. The average Bonchev–Trinajstić information content (AvgIpc) is 2.76. The monoisotopic (exact) mass is 233 g/mol. The number of pyridine rings is 1. The van der Waals surface area contributed by atoms with Crippen LogP contribution in [0.3, 0.4) is 0 Å². The van der Waals surface area contributed by atoms with Gasteiger partial charge in [-0.05, 0) is 37.0 Å². The third-order valence-corrected chi connectivity index (χ3v) is 3.31. The predicted octanol–water partition coefficient (Wildman–Crippen LogP) is 1.75. The van der Waals surface area contributed by atoms with E-state index in [9.17, 15) is 4.79 Å². The first-order valence-electron chi connectivity index (χ1n) is 5.98. The Morgan fingerprint density at radius 2 is 2.29 bits per heavy atom. The molecule has 1 atom stereocenters. The summed E-state index contributed by atoms with van der Waals surface area (Å²) in [6, 6.07) is 2.37. The van der Waals surface area contributed by atoms with Gasteiger partial charge in [-0.1, -0.05) is 0 Å². The van der Waals surface area contributed by atoms with Gasteiger partial charge in [0.05, 0.1) is 6.04 Å². The molecule has 1 aliphatic heterocycles. The third-order valence-electron chi connectivity index (χ3n) is 3.31. The van der Waals surface area contributed by atoms with Crippen LogP contribution < -0.4 is 4.90 Å². The Hall–Kier alpha value is -1.58. The second-order valence-corrected chi connectivity index (χ2v) is 4.80. The van der Waals surface area contributed by atoms with E-state index in [2.05, 4.69) is 18.0 Å². The van der Waals surface area contributed by atoms with Crippen LogP contribution in [0.25, 0.3) is 0 Å². The van der Waals surface area contributed by atoms with Crippen LogP contribution in [0.4, 0.5) is 5.82 Å². The average molecular weight is 233 g/mol. The molecular weight excluding hydrogens is 214 g/mol. The number of hydrogen-bond donors (Lipinski definition) is 0. The molecule has 0 spiro atoms. The summed E-state index contributed by atoms with van der Waals surface area (Å²) in [5.41, 5.74) is 2.31. The highest BCUT2D eigenvalue weighted by Crippen LogP contribution is 2.31. The number of rotatable bonds is 3. The van der Waals surface area contributed by atoms with E-state index in [4.69, 9.17) is 0 Å². The van der Waals surface area contributed by atoms with E-state index in [1.165, 1.54) is 0 Å². The Morgan fingerprint density at radius 1 is 1.53 bits per heavy atom. The molecule has 92 valence electrons. The van der Waals surface area contributed by atoms with E-state index in [0.29, 0.717) is 0 Å². The van der Waals surface area contributed by atoms with Crippen molar-refractivity contribution >= 4 is 12.2 Å². The van der Waals surface area contributed by atoms with Gasteiger partial charge in [0, 0.05) is 26.8 Å². The number of aryl methyl sites for hydroxylation is 1. The largest absolute Gasteiger partial charge is 0.363 e. The second-order valence-electron chi connectivity index (χ2n) is 4.80. The molecule has 1 fully saturated rings. The second kappa shape index (κ2) is 4.73. The van der Waals surface area contributed by atoms with Crippen LogP contribution in [0.2, 0.25) is 0 Å². The first-order valence-corrected chi connectivity index (χ1v) is 5.98. The molecule has 0 aliphatic carbocycles. The molecule has 0 unspecified atom stereocenters. The number of anilines is 1. The Bertz CT molecular complexity index is 417. The lowest BCUT2D eigenvalue weighted by molar-refractivity contribution is -0.118. The number of likely N-dealkylation sites (tertiary alicyclic amines) is 1. The van der Waals surface area contributed by atoms with Crippen molar-refractivity contribution in [1.29, 1.82) is 0 Å². The van der Waals surface area contributed by atoms with Crippen LogP contribution in [-0.2, 0) is 4.79 Å². The van der Waals surface area contributed by atoms with Gasteiger partial charge in [-0.3, -0.25) is 4.79 Å². The highest BCUT2D eigenvalue weighted by atomic mass is 16.1. The summed E-state index contributed by atoms with van der Waals surface area (Å²) < 4.78 is 0. The van der Waals surface area contributed by atoms with E-state index in [1.54, 1.807) is 0 Å². The number of amides is 1. The fourth-order valence-corrected chi connectivity index (χ4v) is 2.51. The minimum absolute atomic E-state index is 0.218. The molecule has 0 radical (unpaired) electrons. The molecule has 0 saturated carbocycles. The Labute approximate surface area is 102 Å². The fraction of sp³-hybridized carbons (Fsp3) is 0.538. The lowest BCUT2D eigenvalue weighted by Gasteiger charge is -2.22. The summed E-state index contributed by atoms with van der Waals surface area (Å²) in [5, 5.41) is 0. The Balaban J connectivity index is 2.28. The molecule has 17 heavy (non-hydrogen) atoms. The molecule has 2 rings (SSSR count). The van der Waals surface area contributed by atoms with E-state index >= 15 is 0 Å². The minimum Gasteiger partial charge on any atom is -0.363 e. The van der Waals surface area contributed by atoms with Gasteiger partial charge >= 0.3 is 0 Å². The van der Waals surface area contributed by atoms with E-state index in [1.807, 2.05) is 30.1 Å². The summed E-state index contributed by atoms with van der Waals surface area (Å²) in [4.78, 5) is 19.3. The third kappa shape index (κ3) is 2.25. The molecule has 0 bridgehead atoms. The van der Waals surface area contributed by atoms with Crippen LogP contribution >= 0.6 is 0 Å².